The Balaban J connectivity index is 2.35. The average Bonchev–Trinajstić information content (AvgIpc) is 2.43. The van der Waals surface area contributed by atoms with Crippen molar-refractivity contribution in [1.29, 1.82) is 0 Å². The van der Waals surface area contributed by atoms with Gasteiger partial charge in [0.1, 0.15) is 11.5 Å². The van der Waals surface area contributed by atoms with Crippen LogP contribution in [0.15, 0.2) is 36.4 Å². The summed E-state index contributed by atoms with van der Waals surface area (Å²) in [5.74, 6) is 0.888. The van der Waals surface area contributed by atoms with Crippen LogP contribution in [-0.2, 0) is 0 Å². The zero-order valence-corrected chi connectivity index (χ0v) is 11.1. The van der Waals surface area contributed by atoms with Crippen molar-refractivity contribution in [2.24, 2.45) is 0 Å². The van der Waals surface area contributed by atoms with Crippen LogP contribution in [0.25, 0.3) is 0 Å². The molecule has 0 unspecified atom stereocenters. The second kappa shape index (κ2) is 5.52. The normalized spacial score (nSPS) is 10.1. The van der Waals surface area contributed by atoms with Gasteiger partial charge in [0.25, 0.3) is 5.69 Å². The fourth-order valence-electron chi connectivity index (χ4n) is 1.74. The van der Waals surface area contributed by atoms with Gasteiger partial charge < -0.3 is 4.74 Å². The van der Waals surface area contributed by atoms with E-state index in [1.165, 1.54) is 18.2 Å². The van der Waals surface area contributed by atoms with Gasteiger partial charge in [-0.2, -0.15) is 0 Å². The molecule has 2 aromatic rings. The number of non-ortho nitro benzene ring substituents is 1. The summed E-state index contributed by atoms with van der Waals surface area (Å²) in [6.45, 7) is 3.94. The molecule has 0 N–H and O–H groups in total. The maximum atomic E-state index is 11.0. The first-order valence-electron chi connectivity index (χ1n) is 6.00. The minimum Gasteiger partial charge on any atom is -0.457 e. The topological polar surface area (TPSA) is 69.4 Å². The Hall–Kier alpha value is -2.69. The number of nitro benzene ring substituents is 1. The van der Waals surface area contributed by atoms with E-state index in [9.17, 15) is 14.9 Å². The second-order valence-corrected chi connectivity index (χ2v) is 4.45. The standard InChI is InChI=1S/C15H13NO4/c1-10-3-5-14(7-11(10)2)20-15-6-4-13(16(18)19)8-12(15)9-17/h3-9H,1-2H3. The van der Waals surface area contributed by atoms with Crippen LogP contribution in [0.3, 0.4) is 0 Å². The van der Waals surface area contributed by atoms with Crippen molar-refractivity contribution in [2.75, 3.05) is 0 Å². The van der Waals surface area contributed by atoms with Gasteiger partial charge in [-0.3, -0.25) is 14.9 Å². The lowest BCUT2D eigenvalue weighted by molar-refractivity contribution is -0.384. The molecule has 102 valence electrons. The first kappa shape index (κ1) is 13.7. The number of carbonyl (C=O) groups is 1. The summed E-state index contributed by atoms with van der Waals surface area (Å²) in [4.78, 5) is 21.1. The highest BCUT2D eigenvalue weighted by Crippen LogP contribution is 2.28. The molecule has 20 heavy (non-hydrogen) atoms. The summed E-state index contributed by atoms with van der Waals surface area (Å²) < 4.78 is 5.62. The number of hydrogen-bond donors (Lipinski definition) is 0. The molecule has 0 heterocycles. The molecule has 0 aromatic heterocycles. The van der Waals surface area contributed by atoms with Gasteiger partial charge in [0.05, 0.1) is 10.5 Å². The summed E-state index contributed by atoms with van der Waals surface area (Å²) >= 11 is 0. The minimum absolute atomic E-state index is 0.139. The van der Waals surface area contributed by atoms with Crippen molar-refractivity contribution in [3.05, 3.63) is 63.2 Å². The van der Waals surface area contributed by atoms with Crippen LogP contribution in [0, 0.1) is 24.0 Å². The highest BCUT2D eigenvalue weighted by molar-refractivity contribution is 5.80. The lowest BCUT2D eigenvalue weighted by atomic mass is 10.1. The molecular weight excluding hydrogens is 258 g/mol. The molecule has 0 fully saturated rings. The molecule has 0 saturated carbocycles. The van der Waals surface area contributed by atoms with Gasteiger partial charge in [0.15, 0.2) is 6.29 Å². The van der Waals surface area contributed by atoms with Crippen LogP contribution in [0.5, 0.6) is 11.5 Å². The molecule has 0 aliphatic rings. The third kappa shape index (κ3) is 2.83. The number of hydrogen-bond acceptors (Lipinski definition) is 4. The van der Waals surface area contributed by atoms with Crippen molar-refractivity contribution in [3.8, 4) is 11.5 Å². The maximum Gasteiger partial charge on any atom is 0.270 e. The molecule has 5 heteroatoms. The molecule has 0 atom stereocenters. The Morgan fingerprint density at radius 1 is 1.10 bits per heavy atom. The molecule has 0 amide bonds. The predicted octanol–water partition coefficient (Wildman–Crippen LogP) is 3.82. The monoisotopic (exact) mass is 271 g/mol. The summed E-state index contributed by atoms with van der Waals surface area (Å²) in [6, 6.07) is 9.49. The van der Waals surface area contributed by atoms with E-state index >= 15 is 0 Å². The third-order valence-electron chi connectivity index (χ3n) is 3.04. The Labute approximate surface area is 116 Å². The van der Waals surface area contributed by atoms with Crippen LogP contribution >= 0.6 is 0 Å². The van der Waals surface area contributed by atoms with Gasteiger partial charge in [0.2, 0.25) is 0 Å². The van der Waals surface area contributed by atoms with Crippen molar-refractivity contribution in [3.63, 3.8) is 0 Å². The molecule has 0 bridgehead atoms. The van der Waals surface area contributed by atoms with E-state index in [-0.39, 0.29) is 11.3 Å². The van der Waals surface area contributed by atoms with Crippen LogP contribution in [0.2, 0.25) is 0 Å². The Bertz CT molecular complexity index is 680. The Morgan fingerprint density at radius 2 is 1.85 bits per heavy atom. The second-order valence-electron chi connectivity index (χ2n) is 4.45. The number of rotatable bonds is 4. The van der Waals surface area contributed by atoms with E-state index in [2.05, 4.69) is 0 Å². The van der Waals surface area contributed by atoms with Crippen molar-refractivity contribution >= 4 is 12.0 Å². The summed E-state index contributed by atoms with van der Waals surface area (Å²) in [5.41, 5.74) is 2.21. The molecule has 0 saturated heterocycles. The molecular formula is C15H13NO4. The number of nitro groups is 1. The number of aldehydes is 1. The molecule has 0 aliphatic heterocycles. The van der Waals surface area contributed by atoms with Crippen LogP contribution in [-0.4, -0.2) is 11.2 Å². The van der Waals surface area contributed by atoms with Gasteiger partial charge >= 0.3 is 0 Å². The Morgan fingerprint density at radius 3 is 2.45 bits per heavy atom. The molecule has 0 aliphatic carbocycles. The molecule has 0 spiro atoms. The smallest absolute Gasteiger partial charge is 0.270 e. The highest BCUT2D eigenvalue weighted by Gasteiger charge is 2.12. The maximum absolute atomic E-state index is 11.0. The van der Waals surface area contributed by atoms with Gasteiger partial charge in [-0.15, -0.1) is 0 Å². The number of nitrogens with zero attached hydrogens (tertiary/aromatic N) is 1. The first-order chi connectivity index (χ1) is 9.51. The van der Waals surface area contributed by atoms with E-state index in [4.69, 9.17) is 4.74 Å². The zero-order chi connectivity index (χ0) is 14.7. The van der Waals surface area contributed by atoms with Gasteiger partial charge in [-0.1, -0.05) is 6.07 Å². The quantitative estimate of drug-likeness (QED) is 0.481. The van der Waals surface area contributed by atoms with Gasteiger partial charge in [0, 0.05) is 12.1 Å². The van der Waals surface area contributed by atoms with Gasteiger partial charge in [-0.05, 0) is 43.2 Å². The summed E-state index contributed by atoms with van der Waals surface area (Å²) in [5, 5.41) is 10.7. The average molecular weight is 271 g/mol. The number of carbonyl (C=O) groups excluding carboxylic acids is 1. The van der Waals surface area contributed by atoms with Crippen LogP contribution < -0.4 is 4.74 Å². The predicted molar refractivity (Wildman–Crippen MR) is 74.5 cm³/mol. The number of aryl methyl sites for hydroxylation is 2. The van der Waals surface area contributed by atoms with Crippen LogP contribution in [0.4, 0.5) is 5.69 Å². The third-order valence-corrected chi connectivity index (χ3v) is 3.04. The number of ether oxygens (including phenoxy) is 1. The minimum atomic E-state index is -0.549. The van der Waals surface area contributed by atoms with E-state index in [1.807, 2.05) is 26.0 Å². The zero-order valence-electron chi connectivity index (χ0n) is 11.1. The summed E-state index contributed by atoms with van der Waals surface area (Å²) in [7, 11) is 0. The highest BCUT2D eigenvalue weighted by atomic mass is 16.6. The fourth-order valence-corrected chi connectivity index (χ4v) is 1.74. The number of benzene rings is 2. The van der Waals surface area contributed by atoms with E-state index in [0.29, 0.717) is 17.8 Å². The van der Waals surface area contributed by atoms with E-state index in [0.717, 1.165) is 11.1 Å². The van der Waals surface area contributed by atoms with Gasteiger partial charge in [-0.25, -0.2) is 0 Å². The van der Waals surface area contributed by atoms with Crippen LogP contribution in [0.1, 0.15) is 21.5 Å². The molecule has 5 nitrogen and oxygen atoms in total. The molecule has 0 radical (unpaired) electrons. The van der Waals surface area contributed by atoms with Crippen molar-refractivity contribution in [1.82, 2.24) is 0 Å². The van der Waals surface area contributed by atoms with Crippen molar-refractivity contribution in [2.45, 2.75) is 13.8 Å². The SMILES string of the molecule is Cc1ccc(Oc2ccc([N+](=O)[O-])cc2C=O)cc1C. The summed E-state index contributed by atoms with van der Waals surface area (Å²) in [6.07, 6.45) is 0.545. The molecule has 2 aromatic carbocycles. The largest absolute Gasteiger partial charge is 0.457 e. The fraction of sp³-hybridized carbons (Fsp3) is 0.133. The Kier molecular flexibility index (Phi) is 3.79. The van der Waals surface area contributed by atoms with E-state index < -0.39 is 4.92 Å². The lowest BCUT2D eigenvalue weighted by Gasteiger charge is -2.09. The lowest BCUT2D eigenvalue weighted by Crippen LogP contribution is -1.94. The van der Waals surface area contributed by atoms with E-state index in [1.54, 1.807) is 6.07 Å². The first-order valence-corrected chi connectivity index (χ1v) is 6.00. The molecule has 2 rings (SSSR count). The van der Waals surface area contributed by atoms with Crippen molar-refractivity contribution < 1.29 is 14.5 Å².